The van der Waals surface area contributed by atoms with Crippen LogP contribution in [0.3, 0.4) is 0 Å². The number of carbonyl (C=O) groups excluding carboxylic acids is 1. The normalized spacial score (nSPS) is 11.1. The van der Waals surface area contributed by atoms with Gasteiger partial charge < -0.3 is 14.6 Å². The fraction of sp³-hybridized carbons (Fsp3) is 0.391. The summed E-state index contributed by atoms with van der Waals surface area (Å²) >= 11 is 0. The molecule has 0 aliphatic heterocycles. The Morgan fingerprint density at radius 3 is 2.75 bits per heavy atom. The number of para-hydroxylation sites is 2. The summed E-state index contributed by atoms with van der Waals surface area (Å²) in [5.74, 6) is 1.83. The first-order chi connectivity index (χ1) is 13.5. The van der Waals surface area contributed by atoms with E-state index in [0.717, 1.165) is 42.0 Å². The van der Waals surface area contributed by atoms with E-state index in [-0.39, 0.29) is 11.8 Å². The van der Waals surface area contributed by atoms with Gasteiger partial charge >= 0.3 is 0 Å². The first-order valence-electron chi connectivity index (χ1n) is 9.96. The van der Waals surface area contributed by atoms with Crippen LogP contribution in [0.15, 0.2) is 48.5 Å². The Morgan fingerprint density at radius 2 is 1.96 bits per heavy atom. The second-order valence-corrected chi connectivity index (χ2v) is 7.41. The Morgan fingerprint density at radius 1 is 1.14 bits per heavy atom. The van der Waals surface area contributed by atoms with E-state index in [2.05, 4.69) is 35.0 Å². The van der Waals surface area contributed by atoms with Gasteiger partial charge in [-0.05, 0) is 49.6 Å². The Bertz CT molecular complexity index is 930. The van der Waals surface area contributed by atoms with Gasteiger partial charge in [-0.2, -0.15) is 0 Å². The number of unbranched alkanes of at least 4 members (excludes halogenated alkanes) is 1. The van der Waals surface area contributed by atoms with Gasteiger partial charge in [0, 0.05) is 12.5 Å². The topological polar surface area (TPSA) is 56.1 Å². The van der Waals surface area contributed by atoms with Gasteiger partial charge in [-0.25, -0.2) is 4.98 Å². The highest BCUT2D eigenvalue weighted by atomic mass is 16.5. The van der Waals surface area contributed by atoms with Crippen LogP contribution >= 0.6 is 0 Å². The predicted octanol–water partition coefficient (Wildman–Crippen LogP) is 4.48. The quantitative estimate of drug-likeness (QED) is 0.558. The van der Waals surface area contributed by atoms with Crippen molar-refractivity contribution in [2.45, 2.75) is 46.7 Å². The molecule has 1 heterocycles. The van der Waals surface area contributed by atoms with Crippen molar-refractivity contribution in [1.29, 1.82) is 0 Å². The van der Waals surface area contributed by atoms with E-state index in [1.807, 2.05) is 44.2 Å². The SMILES string of the molecule is Cc1cccc(OCCCCn2c(CNC(=O)C(C)C)nc3ccccc32)c1. The summed E-state index contributed by atoms with van der Waals surface area (Å²) in [6, 6.07) is 16.2. The number of hydrogen-bond acceptors (Lipinski definition) is 3. The molecule has 0 atom stereocenters. The van der Waals surface area contributed by atoms with Crippen LogP contribution in [0.1, 0.15) is 38.1 Å². The Hall–Kier alpha value is -2.82. The van der Waals surface area contributed by atoms with Gasteiger partial charge in [-0.1, -0.05) is 38.1 Å². The zero-order chi connectivity index (χ0) is 19.9. The number of ether oxygens (including phenoxy) is 1. The number of nitrogens with zero attached hydrogens (tertiary/aromatic N) is 2. The van der Waals surface area contributed by atoms with E-state index in [1.165, 1.54) is 5.56 Å². The minimum absolute atomic E-state index is 0.0309. The summed E-state index contributed by atoms with van der Waals surface area (Å²) in [7, 11) is 0. The molecule has 0 aliphatic carbocycles. The van der Waals surface area contributed by atoms with Crippen LogP contribution in [0.5, 0.6) is 5.75 Å². The standard InChI is InChI=1S/C23H29N3O2/c1-17(2)23(27)24-16-22-25-20-11-4-5-12-21(20)26(22)13-6-7-14-28-19-10-8-9-18(3)15-19/h4-5,8-12,15,17H,6-7,13-14,16H2,1-3H3,(H,24,27). The Balaban J connectivity index is 1.59. The molecule has 148 valence electrons. The smallest absolute Gasteiger partial charge is 0.222 e. The molecule has 3 aromatic rings. The molecule has 0 bridgehead atoms. The largest absolute Gasteiger partial charge is 0.494 e. The first kappa shape index (κ1) is 19.9. The highest BCUT2D eigenvalue weighted by molar-refractivity contribution is 5.78. The Labute approximate surface area is 166 Å². The molecule has 3 rings (SSSR count). The maximum atomic E-state index is 11.9. The van der Waals surface area contributed by atoms with Crippen molar-refractivity contribution in [1.82, 2.24) is 14.9 Å². The molecule has 0 spiro atoms. The van der Waals surface area contributed by atoms with Crippen molar-refractivity contribution in [3.63, 3.8) is 0 Å². The van der Waals surface area contributed by atoms with E-state index in [9.17, 15) is 4.79 Å². The van der Waals surface area contributed by atoms with E-state index in [4.69, 9.17) is 9.72 Å². The molecule has 0 unspecified atom stereocenters. The van der Waals surface area contributed by atoms with Crippen molar-refractivity contribution in [3.05, 3.63) is 59.9 Å². The van der Waals surface area contributed by atoms with Crippen LogP contribution in [0, 0.1) is 12.8 Å². The predicted molar refractivity (Wildman–Crippen MR) is 112 cm³/mol. The van der Waals surface area contributed by atoms with Crippen molar-refractivity contribution in [3.8, 4) is 5.75 Å². The Kier molecular flexibility index (Phi) is 6.69. The van der Waals surface area contributed by atoms with Crippen LogP contribution in [0.25, 0.3) is 11.0 Å². The van der Waals surface area contributed by atoms with Gasteiger partial charge in [0.15, 0.2) is 0 Å². The van der Waals surface area contributed by atoms with Gasteiger partial charge in [0.25, 0.3) is 0 Å². The van der Waals surface area contributed by atoms with Gasteiger partial charge in [0.2, 0.25) is 5.91 Å². The lowest BCUT2D eigenvalue weighted by Gasteiger charge is -2.12. The maximum Gasteiger partial charge on any atom is 0.222 e. The fourth-order valence-corrected chi connectivity index (χ4v) is 3.15. The summed E-state index contributed by atoms with van der Waals surface area (Å²) in [5.41, 5.74) is 3.28. The van der Waals surface area contributed by atoms with E-state index >= 15 is 0 Å². The van der Waals surface area contributed by atoms with Crippen LogP contribution in [-0.2, 0) is 17.9 Å². The third-order valence-corrected chi connectivity index (χ3v) is 4.71. The molecule has 0 aliphatic rings. The van der Waals surface area contributed by atoms with Crippen molar-refractivity contribution in [2.75, 3.05) is 6.61 Å². The number of imidazole rings is 1. The van der Waals surface area contributed by atoms with E-state index in [0.29, 0.717) is 13.2 Å². The molecule has 0 saturated heterocycles. The zero-order valence-corrected chi connectivity index (χ0v) is 16.9. The van der Waals surface area contributed by atoms with E-state index < -0.39 is 0 Å². The highest BCUT2D eigenvalue weighted by Gasteiger charge is 2.12. The second-order valence-electron chi connectivity index (χ2n) is 7.41. The van der Waals surface area contributed by atoms with Crippen LogP contribution in [0.4, 0.5) is 0 Å². The number of benzene rings is 2. The molecule has 2 aromatic carbocycles. The summed E-state index contributed by atoms with van der Waals surface area (Å²) < 4.78 is 8.06. The van der Waals surface area contributed by atoms with Gasteiger partial charge in [0.1, 0.15) is 11.6 Å². The number of amides is 1. The summed E-state index contributed by atoms with van der Waals surface area (Å²) in [5, 5.41) is 2.98. The number of fused-ring (bicyclic) bond motifs is 1. The average molecular weight is 380 g/mol. The molecular formula is C23H29N3O2. The molecule has 5 nitrogen and oxygen atoms in total. The number of carbonyl (C=O) groups is 1. The molecule has 0 saturated carbocycles. The lowest BCUT2D eigenvalue weighted by molar-refractivity contribution is -0.124. The molecule has 5 heteroatoms. The monoisotopic (exact) mass is 379 g/mol. The number of aromatic nitrogens is 2. The van der Waals surface area contributed by atoms with Crippen LogP contribution in [-0.4, -0.2) is 22.1 Å². The fourth-order valence-electron chi connectivity index (χ4n) is 3.15. The highest BCUT2D eigenvalue weighted by Crippen LogP contribution is 2.18. The summed E-state index contributed by atoms with van der Waals surface area (Å²) in [4.78, 5) is 16.7. The van der Waals surface area contributed by atoms with Gasteiger partial charge in [-0.3, -0.25) is 4.79 Å². The maximum absolute atomic E-state index is 11.9. The molecular weight excluding hydrogens is 350 g/mol. The number of hydrogen-bond donors (Lipinski definition) is 1. The minimum atomic E-state index is -0.0309. The van der Waals surface area contributed by atoms with E-state index in [1.54, 1.807) is 0 Å². The average Bonchev–Trinajstić information content (AvgIpc) is 3.03. The third-order valence-electron chi connectivity index (χ3n) is 4.71. The number of rotatable bonds is 9. The molecule has 1 aromatic heterocycles. The van der Waals surface area contributed by atoms with Gasteiger partial charge in [0.05, 0.1) is 24.2 Å². The van der Waals surface area contributed by atoms with Gasteiger partial charge in [-0.15, -0.1) is 0 Å². The lowest BCUT2D eigenvalue weighted by atomic mass is 10.2. The first-order valence-corrected chi connectivity index (χ1v) is 9.96. The molecule has 1 amide bonds. The second kappa shape index (κ2) is 9.40. The number of nitrogens with one attached hydrogen (secondary N) is 1. The summed E-state index contributed by atoms with van der Waals surface area (Å²) in [6.45, 7) is 7.85. The van der Waals surface area contributed by atoms with Crippen LogP contribution in [0.2, 0.25) is 0 Å². The third kappa shape index (κ3) is 5.12. The van der Waals surface area contributed by atoms with Crippen molar-refractivity contribution >= 4 is 16.9 Å². The minimum Gasteiger partial charge on any atom is -0.494 e. The molecule has 0 fully saturated rings. The molecule has 1 N–H and O–H groups in total. The number of aryl methyl sites for hydroxylation is 2. The zero-order valence-electron chi connectivity index (χ0n) is 16.9. The molecule has 28 heavy (non-hydrogen) atoms. The summed E-state index contributed by atoms with van der Waals surface area (Å²) in [6.07, 6.45) is 1.94. The van der Waals surface area contributed by atoms with Crippen molar-refractivity contribution in [2.24, 2.45) is 5.92 Å². The lowest BCUT2D eigenvalue weighted by Crippen LogP contribution is -2.28. The van der Waals surface area contributed by atoms with Crippen LogP contribution < -0.4 is 10.1 Å². The molecule has 0 radical (unpaired) electrons. The van der Waals surface area contributed by atoms with Crippen molar-refractivity contribution < 1.29 is 9.53 Å².